The Morgan fingerprint density at radius 3 is 2.67 bits per heavy atom. The summed E-state index contributed by atoms with van der Waals surface area (Å²) in [6, 6.07) is 10.2. The minimum atomic E-state index is 0.145. The first-order valence-corrected chi connectivity index (χ1v) is 5.69. The summed E-state index contributed by atoms with van der Waals surface area (Å²) in [5.74, 6) is 0.145. The molecule has 82 valence electrons. The third kappa shape index (κ3) is 2.58. The van der Waals surface area contributed by atoms with Gasteiger partial charge in [0.25, 0.3) is 0 Å². The van der Waals surface area contributed by atoms with Crippen LogP contribution in [0, 0.1) is 0 Å². The SMILES string of the molecule is OC[C@H](c1ccccc1)C1CCCCO1. The van der Waals surface area contributed by atoms with Crippen molar-refractivity contribution in [2.45, 2.75) is 31.3 Å². The largest absolute Gasteiger partial charge is 0.396 e. The van der Waals surface area contributed by atoms with Gasteiger partial charge in [-0.15, -0.1) is 0 Å². The maximum Gasteiger partial charge on any atom is 0.0665 e. The molecule has 0 spiro atoms. The van der Waals surface area contributed by atoms with E-state index in [9.17, 15) is 5.11 Å². The van der Waals surface area contributed by atoms with E-state index in [1.807, 2.05) is 18.2 Å². The van der Waals surface area contributed by atoms with Crippen molar-refractivity contribution in [1.29, 1.82) is 0 Å². The van der Waals surface area contributed by atoms with Gasteiger partial charge < -0.3 is 9.84 Å². The number of aliphatic hydroxyl groups is 1. The van der Waals surface area contributed by atoms with Crippen LogP contribution in [0.4, 0.5) is 0 Å². The molecular formula is C13H18O2. The molecule has 0 radical (unpaired) electrons. The van der Waals surface area contributed by atoms with Crippen LogP contribution in [0.1, 0.15) is 30.7 Å². The predicted molar refractivity (Wildman–Crippen MR) is 59.9 cm³/mol. The van der Waals surface area contributed by atoms with Gasteiger partial charge in [-0.2, -0.15) is 0 Å². The van der Waals surface area contributed by atoms with Crippen molar-refractivity contribution >= 4 is 0 Å². The molecule has 2 atom stereocenters. The molecule has 1 unspecified atom stereocenters. The third-order valence-electron chi connectivity index (χ3n) is 3.09. The number of rotatable bonds is 3. The fourth-order valence-electron chi connectivity index (χ4n) is 2.22. The van der Waals surface area contributed by atoms with E-state index in [1.165, 1.54) is 12.0 Å². The molecule has 1 heterocycles. The van der Waals surface area contributed by atoms with E-state index in [-0.39, 0.29) is 18.6 Å². The molecule has 2 nitrogen and oxygen atoms in total. The van der Waals surface area contributed by atoms with Crippen molar-refractivity contribution in [1.82, 2.24) is 0 Å². The summed E-state index contributed by atoms with van der Waals surface area (Å²) < 4.78 is 5.73. The summed E-state index contributed by atoms with van der Waals surface area (Å²) in [6.45, 7) is 1.02. The summed E-state index contributed by atoms with van der Waals surface area (Å²) in [6.07, 6.45) is 3.64. The molecule has 2 heteroatoms. The minimum Gasteiger partial charge on any atom is -0.396 e. The average Bonchev–Trinajstić information content (AvgIpc) is 2.33. The van der Waals surface area contributed by atoms with Crippen molar-refractivity contribution in [3.8, 4) is 0 Å². The monoisotopic (exact) mass is 206 g/mol. The average molecular weight is 206 g/mol. The Labute approximate surface area is 90.9 Å². The summed E-state index contributed by atoms with van der Waals surface area (Å²) in [5.41, 5.74) is 1.19. The quantitative estimate of drug-likeness (QED) is 0.822. The lowest BCUT2D eigenvalue weighted by atomic mass is 9.90. The zero-order valence-corrected chi connectivity index (χ0v) is 8.93. The Balaban J connectivity index is 2.09. The van der Waals surface area contributed by atoms with E-state index in [1.54, 1.807) is 0 Å². The van der Waals surface area contributed by atoms with Crippen molar-refractivity contribution < 1.29 is 9.84 Å². The molecule has 0 aromatic heterocycles. The van der Waals surface area contributed by atoms with Gasteiger partial charge in [0.05, 0.1) is 12.7 Å². The van der Waals surface area contributed by atoms with E-state index in [0.29, 0.717) is 0 Å². The summed E-state index contributed by atoms with van der Waals surface area (Å²) in [4.78, 5) is 0. The van der Waals surface area contributed by atoms with Crippen LogP contribution in [0.2, 0.25) is 0 Å². The van der Waals surface area contributed by atoms with Crippen molar-refractivity contribution in [3.63, 3.8) is 0 Å². The second-order valence-electron chi connectivity index (χ2n) is 4.10. The zero-order valence-electron chi connectivity index (χ0n) is 8.93. The van der Waals surface area contributed by atoms with Gasteiger partial charge in [0, 0.05) is 12.5 Å². The van der Waals surface area contributed by atoms with E-state index < -0.39 is 0 Å². The molecule has 1 fully saturated rings. The first kappa shape index (κ1) is 10.7. The normalized spacial score (nSPS) is 23.7. The highest BCUT2D eigenvalue weighted by Gasteiger charge is 2.24. The molecule has 0 saturated carbocycles. The van der Waals surface area contributed by atoms with Crippen molar-refractivity contribution in [2.24, 2.45) is 0 Å². The summed E-state index contributed by atoms with van der Waals surface area (Å²) >= 11 is 0. The standard InChI is InChI=1S/C13H18O2/c14-10-12(11-6-2-1-3-7-11)13-8-4-5-9-15-13/h1-3,6-7,12-14H,4-5,8-10H2/t12-,13?/m1/s1. The van der Waals surface area contributed by atoms with E-state index in [4.69, 9.17) is 4.74 Å². The van der Waals surface area contributed by atoms with Gasteiger partial charge >= 0.3 is 0 Å². The zero-order chi connectivity index (χ0) is 10.5. The van der Waals surface area contributed by atoms with Crippen LogP contribution in [0.25, 0.3) is 0 Å². The second kappa shape index (κ2) is 5.29. The van der Waals surface area contributed by atoms with E-state index >= 15 is 0 Å². The number of hydrogen-bond donors (Lipinski definition) is 1. The molecule has 1 aliphatic heterocycles. The summed E-state index contributed by atoms with van der Waals surface area (Å²) in [5, 5.41) is 9.45. The van der Waals surface area contributed by atoms with Crippen LogP contribution in [0.5, 0.6) is 0 Å². The Morgan fingerprint density at radius 2 is 2.07 bits per heavy atom. The number of benzene rings is 1. The highest BCUT2D eigenvalue weighted by Crippen LogP contribution is 2.27. The van der Waals surface area contributed by atoms with Crippen molar-refractivity contribution in [2.75, 3.05) is 13.2 Å². The fraction of sp³-hybridized carbons (Fsp3) is 0.538. The predicted octanol–water partition coefficient (Wildman–Crippen LogP) is 2.33. The number of hydrogen-bond acceptors (Lipinski definition) is 2. The Hall–Kier alpha value is -0.860. The molecule has 1 saturated heterocycles. The smallest absolute Gasteiger partial charge is 0.0665 e. The lowest BCUT2D eigenvalue weighted by Crippen LogP contribution is -2.28. The van der Waals surface area contributed by atoms with Gasteiger partial charge in [0.1, 0.15) is 0 Å². The maximum absolute atomic E-state index is 9.45. The van der Waals surface area contributed by atoms with Crippen LogP contribution >= 0.6 is 0 Å². The maximum atomic E-state index is 9.45. The highest BCUT2D eigenvalue weighted by atomic mass is 16.5. The Morgan fingerprint density at radius 1 is 1.27 bits per heavy atom. The van der Waals surface area contributed by atoms with Gasteiger partial charge in [-0.3, -0.25) is 0 Å². The minimum absolute atomic E-state index is 0.145. The molecule has 1 aliphatic rings. The molecule has 1 aromatic carbocycles. The van der Waals surface area contributed by atoms with Crippen LogP contribution in [-0.2, 0) is 4.74 Å². The molecule has 0 bridgehead atoms. The topological polar surface area (TPSA) is 29.5 Å². The van der Waals surface area contributed by atoms with Gasteiger partial charge in [0.15, 0.2) is 0 Å². The Bertz CT molecular complexity index is 278. The fourth-order valence-corrected chi connectivity index (χ4v) is 2.22. The third-order valence-corrected chi connectivity index (χ3v) is 3.09. The number of ether oxygens (including phenoxy) is 1. The lowest BCUT2D eigenvalue weighted by Gasteiger charge is -2.29. The van der Waals surface area contributed by atoms with Gasteiger partial charge in [-0.05, 0) is 24.8 Å². The summed E-state index contributed by atoms with van der Waals surface area (Å²) in [7, 11) is 0. The molecule has 1 aromatic rings. The molecule has 1 N–H and O–H groups in total. The molecule has 2 rings (SSSR count). The van der Waals surface area contributed by atoms with Crippen LogP contribution in [0.3, 0.4) is 0 Å². The molecular weight excluding hydrogens is 188 g/mol. The number of aliphatic hydroxyl groups excluding tert-OH is 1. The van der Waals surface area contributed by atoms with Crippen LogP contribution < -0.4 is 0 Å². The van der Waals surface area contributed by atoms with Crippen LogP contribution in [0.15, 0.2) is 30.3 Å². The van der Waals surface area contributed by atoms with Gasteiger partial charge in [-0.25, -0.2) is 0 Å². The molecule has 0 aliphatic carbocycles. The van der Waals surface area contributed by atoms with Crippen molar-refractivity contribution in [3.05, 3.63) is 35.9 Å². The second-order valence-corrected chi connectivity index (χ2v) is 4.10. The first-order chi connectivity index (χ1) is 7.42. The molecule has 0 amide bonds. The van der Waals surface area contributed by atoms with E-state index in [0.717, 1.165) is 19.4 Å². The van der Waals surface area contributed by atoms with Gasteiger partial charge in [0.2, 0.25) is 0 Å². The first-order valence-electron chi connectivity index (χ1n) is 5.69. The molecule has 15 heavy (non-hydrogen) atoms. The van der Waals surface area contributed by atoms with Crippen LogP contribution in [-0.4, -0.2) is 24.4 Å². The van der Waals surface area contributed by atoms with Gasteiger partial charge in [-0.1, -0.05) is 30.3 Å². The Kier molecular flexibility index (Phi) is 3.75. The lowest BCUT2D eigenvalue weighted by molar-refractivity contribution is -0.0125. The highest BCUT2D eigenvalue weighted by molar-refractivity contribution is 5.21. The van der Waals surface area contributed by atoms with E-state index in [2.05, 4.69) is 12.1 Å².